The first kappa shape index (κ1) is 18.6. The molecule has 8 heteroatoms. The normalized spacial score (nSPS) is 15.1. The topological polar surface area (TPSA) is 70.5 Å². The van der Waals surface area contributed by atoms with Gasteiger partial charge in [-0.3, -0.25) is 14.5 Å². The summed E-state index contributed by atoms with van der Waals surface area (Å²) in [5, 5.41) is 6.81. The Hall–Kier alpha value is -2.71. The van der Waals surface area contributed by atoms with Crippen LogP contribution in [0.4, 0.5) is 0 Å². The fourth-order valence-electron chi connectivity index (χ4n) is 3.44. The van der Waals surface area contributed by atoms with Crippen LogP contribution in [0, 0.1) is 0 Å². The van der Waals surface area contributed by atoms with E-state index in [1.54, 1.807) is 17.7 Å². The molecule has 1 aliphatic heterocycles. The molecule has 1 fully saturated rings. The number of carbonyl (C=O) groups excluding carboxylic acids is 2. The number of fused-ring (bicyclic) bond motifs is 1. The van der Waals surface area contributed by atoms with Gasteiger partial charge in [0.25, 0.3) is 5.91 Å². The van der Waals surface area contributed by atoms with Gasteiger partial charge in [-0.25, -0.2) is 4.98 Å². The lowest BCUT2D eigenvalue weighted by atomic mass is 10.2. The molecule has 0 aliphatic carbocycles. The number of para-hydroxylation sites is 2. The first-order valence-corrected chi connectivity index (χ1v) is 10.4. The monoisotopic (exact) mass is 397 g/mol. The van der Waals surface area contributed by atoms with Crippen molar-refractivity contribution in [2.75, 3.05) is 39.3 Å². The molecule has 1 aliphatic rings. The molecule has 1 aromatic carbocycles. The third-order valence-corrected chi connectivity index (χ3v) is 5.70. The number of hydrogen-bond donors (Lipinski definition) is 1. The molecule has 2 aromatic heterocycles. The SMILES string of the molecule is O=C(Cn1cnc2ccccc21)NCCN1CCN(C(=O)c2ccsc2)CC1. The average molecular weight is 398 g/mol. The zero-order chi connectivity index (χ0) is 19.3. The number of piperazine rings is 1. The summed E-state index contributed by atoms with van der Waals surface area (Å²) in [5.74, 6) is 0.0937. The predicted octanol–water partition coefficient (Wildman–Crippen LogP) is 1.67. The Morgan fingerprint density at radius 1 is 1.11 bits per heavy atom. The van der Waals surface area contributed by atoms with Gasteiger partial charge >= 0.3 is 0 Å². The fourth-order valence-corrected chi connectivity index (χ4v) is 4.07. The Morgan fingerprint density at radius 2 is 1.93 bits per heavy atom. The van der Waals surface area contributed by atoms with Crippen LogP contribution in [0.3, 0.4) is 0 Å². The van der Waals surface area contributed by atoms with Crippen LogP contribution in [0.25, 0.3) is 11.0 Å². The van der Waals surface area contributed by atoms with E-state index >= 15 is 0 Å². The summed E-state index contributed by atoms with van der Waals surface area (Å²) >= 11 is 1.54. The second kappa shape index (κ2) is 8.53. The zero-order valence-electron chi connectivity index (χ0n) is 15.6. The summed E-state index contributed by atoms with van der Waals surface area (Å²) in [7, 11) is 0. The smallest absolute Gasteiger partial charge is 0.254 e. The Balaban J connectivity index is 1.19. The summed E-state index contributed by atoms with van der Waals surface area (Å²) in [6.07, 6.45) is 1.70. The van der Waals surface area contributed by atoms with Crippen molar-refractivity contribution in [3.8, 4) is 0 Å². The van der Waals surface area contributed by atoms with E-state index in [1.165, 1.54) is 0 Å². The van der Waals surface area contributed by atoms with Crippen molar-refractivity contribution in [1.82, 2.24) is 24.7 Å². The van der Waals surface area contributed by atoms with Crippen LogP contribution in [-0.4, -0.2) is 70.4 Å². The van der Waals surface area contributed by atoms with Gasteiger partial charge in [0.05, 0.1) is 22.9 Å². The minimum Gasteiger partial charge on any atom is -0.353 e. The Bertz CT molecular complexity index is 945. The number of amides is 2. The van der Waals surface area contributed by atoms with E-state index in [9.17, 15) is 9.59 Å². The molecule has 3 heterocycles. The van der Waals surface area contributed by atoms with Gasteiger partial charge < -0.3 is 14.8 Å². The molecule has 28 heavy (non-hydrogen) atoms. The molecule has 0 saturated carbocycles. The number of thiophene rings is 1. The Morgan fingerprint density at radius 3 is 2.71 bits per heavy atom. The van der Waals surface area contributed by atoms with E-state index in [-0.39, 0.29) is 18.4 Å². The lowest BCUT2D eigenvalue weighted by Crippen LogP contribution is -2.50. The van der Waals surface area contributed by atoms with Crippen LogP contribution in [0.5, 0.6) is 0 Å². The lowest BCUT2D eigenvalue weighted by molar-refractivity contribution is -0.121. The average Bonchev–Trinajstić information content (AvgIpc) is 3.39. The molecule has 0 bridgehead atoms. The third-order valence-electron chi connectivity index (χ3n) is 5.02. The van der Waals surface area contributed by atoms with E-state index in [4.69, 9.17) is 0 Å². The first-order chi connectivity index (χ1) is 13.7. The van der Waals surface area contributed by atoms with E-state index in [1.807, 2.05) is 50.6 Å². The van der Waals surface area contributed by atoms with Crippen molar-refractivity contribution in [2.45, 2.75) is 6.54 Å². The summed E-state index contributed by atoms with van der Waals surface area (Å²) in [5.41, 5.74) is 2.63. The van der Waals surface area contributed by atoms with Gasteiger partial charge in [-0.05, 0) is 23.6 Å². The van der Waals surface area contributed by atoms with Gasteiger partial charge in [-0.1, -0.05) is 12.1 Å². The third kappa shape index (κ3) is 4.23. The van der Waals surface area contributed by atoms with Crippen LogP contribution in [0.2, 0.25) is 0 Å². The number of rotatable bonds is 6. The van der Waals surface area contributed by atoms with Crippen molar-refractivity contribution in [3.05, 3.63) is 53.0 Å². The van der Waals surface area contributed by atoms with Crippen LogP contribution in [0.15, 0.2) is 47.4 Å². The molecule has 0 atom stereocenters. The van der Waals surface area contributed by atoms with Gasteiger partial charge in [0, 0.05) is 44.6 Å². The van der Waals surface area contributed by atoms with E-state index in [0.717, 1.165) is 49.3 Å². The Kier molecular flexibility index (Phi) is 5.68. The van der Waals surface area contributed by atoms with Crippen LogP contribution in [0.1, 0.15) is 10.4 Å². The minimum absolute atomic E-state index is 0.0191. The maximum absolute atomic E-state index is 12.4. The molecular weight excluding hydrogens is 374 g/mol. The van der Waals surface area contributed by atoms with Crippen LogP contribution >= 0.6 is 11.3 Å². The molecule has 0 spiro atoms. The molecule has 3 aromatic rings. The maximum Gasteiger partial charge on any atom is 0.254 e. The molecule has 1 saturated heterocycles. The molecule has 146 valence electrons. The largest absolute Gasteiger partial charge is 0.353 e. The van der Waals surface area contributed by atoms with Crippen molar-refractivity contribution in [3.63, 3.8) is 0 Å². The lowest BCUT2D eigenvalue weighted by Gasteiger charge is -2.34. The number of nitrogens with zero attached hydrogens (tertiary/aromatic N) is 4. The number of hydrogen-bond acceptors (Lipinski definition) is 5. The second-order valence-electron chi connectivity index (χ2n) is 6.86. The van der Waals surface area contributed by atoms with E-state index in [0.29, 0.717) is 6.54 Å². The number of benzene rings is 1. The van der Waals surface area contributed by atoms with Crippen LogP contribution < -0.4 is 5.32 Å². The quantitative estimate of drug-likeness (QED) is 0.687. The molecule has 0 radical (unpaired) electrons. The van der Waals surface area contributed by atoms with Gasteiger partial charge in [0.1, 0.15) is 6.54 Å². The van der Waals surface area contributed by atoms with Crippen molar-refractivity contribution in [1.29, 1.82) is 0 Å². The molecule has 7 nitrogen and oxygen atoms in total. The van der Waals surface area contributed by atoms with Crippen LogP contribution in [-0.2, 0) is 11.3 Å². The highest BCUT2D eigenvalue weighted by atomic mass is 32.1. The summed E-state index contributed by atoms with van der Waals surface area (Å²) in [4.78, 5) is 33.1. The van der Waals surface area contributed by atoms with Crippen molar-refractivity contribution >= 4 is 34.2 Å². The van der Waals surface area contributed by atoms with Crippen molar-refractivity contribution in [2.24, 2.45) is 0 Å². The molecule has 1 N–H and O–H groups in total. The zero-order valence-corrected chi connectivity index (χ0v) is 16.4. The number of imidazole rings is 1. The summed E-state index contributed by atoms with van der Waals surface area (Å²) in [6, 6.07) is 9.66. The number of nitrogens with one attached hydrogen (secondary N) is 1. The molecule has 2 amide bonds. The first-order valence-electron chi connectivity index (χ1n) is 9.41. The Labute approximate surface area is 167 Å². The van der Waals surface area contributed by atoms with Gasteiger partial charge in [-0.15, -0.1) is 0 Å². The number of carbonyl (C=O) groups is 2. The van der Waals surface area contributed by atoms with E-state index < -0.39 is 0 Å². The molecule has 4 rings (SSSR count). The highest BCUT2D eigenvalue weighted by Crippen LogP contribution is 2.12. The number of aromatic nitrogens is 2. The second-order valence-corrected chi connectivity index (χ2v) is 7.64. The van der Waals surface area contributed by atoms with E-state index in [2.05, 4.69) is 15.2 Å². The molecule has 0 unspecified atom stereocenters. The predicted molar refractivity (Wildman–Crippen MR) is 109 cm³/mol. The van der Waals surface area contributed by atoms with Crippen molar-refractivity contribution < 1.29 is 9.59 Å². The summed E-state index contributed by atoms with van der Waals surface area (Å²) < 4.78 is 1.86. The van der Waals surface area contributed by atoms with Gasteiger partial charge in [-0.2, -0.15) is 11.3 Å². The molecular formula is C20H23N5O2S. The highest BCUT2D eigenvalue weighted by Gasteiger charge is 2.22. The highest BCUT2D eigenvalue weighted by molar-refractivity contribution is 7.08. The van der Waals surface area contributed by atoms with Gasteiger partial charge in [0.2, 0.25) is 5.91 Å². The fraction of sp³-hybridized carbons (Fsp3) is 0.350. The maximum atomic E-state index is 12.4. The summed E-state index contributed by atoms with van der Waals surface area (Å²) in [6.45, 7) is 4.77. The minimum atomic E-state index is -0.0191. The standard InChI is InChI=1S/C20H23N5O2S/c26-19(13-25-15-22-17-3-1-2-4-18(17)25)21-6-7-23-8-10-24(11-9-23)20(27)16-5-12-28-14-16/h1-5,12,14-15H,6-11,13H2,(H,21,26). The van der Waals surface area contributed by atoms with Gasteiger partial charge in [0.15, 0.2) is 0 Å².